The molecule has 0 radical (unpaired) electrons. The zero-order chi connectivity index (χ0) is 18.9. The number of benzene rings is 1. The molecule has 0 saturated heterocycles. The van der Waals surface area contributed by atoms with Gasteiger partial charge >= 0.3 is 0 Å². The van der Waals surface area contributed by atoms with Crippen LogP contribution >= 0.6 is 11.6 Å². The van der Waals surface area contributed by atoms with Gasteiger partial charge in [-0.15, -0.1) is 0 Å². The normalized spacial score (nSPS) is 11.5. The highest BCUT2D eigenvalue weighted by Gasteiger charge is 2.10. The lowest BCUT2D eigenvalue weighted by Gasteiger charge is -2.22. The molecule has 1 aromatic heterocycles. The molecule has 2 rings (SSSR count). The van der Waals surface area contributed by atoms with Gasteiger partial charge in [-0.25, -0.2) is 0 Å². The minimum absolute atomic E-state index is 0.539. The molecule has 1 aromatic carbocycles. The molecule has 0 aliphatic carbocycles. The van der Waals surface area contributed by atoms with Crippen LogP contribution in [-0.2, 0) is 24.9 Å². The largest absolute Gasteiger partial charge is 0.491 e. The number of hydrogen-bond donors (Lipinski definition) is 1. The van der Waals surface area contributed by atoms with Gasteiger partial charge in [0.05, 0.1) is 18.2 Å². The molecule has 0 unspecified atom stereocenters. The van der Waals surface area contributed by atoms with Crippen molar-refractivity contribution in [2.75, 3.05) is 34.4 Å². The Morgan fingerprint density at radius 1 is 1.31 bits per heavy atom. The Kier molecular flexibility index (Phi) is 7.81. The van der Waals surface area contributed by atoms with Crippen LogP contribution in [0.4, 0.5) is 0 Å². The van der Waals surface area contributed by atoms with Gasteiger partial charge in [0.2, 0.25) is 0 Å². The fourth-order valence-corrected chi connectivity index (χ4v) is 2.87. The van der Waals surface area contributed by atoms with Crippen LogP contribution in [0.25, 0.3) is 0 Å². The Bertz CT molecular complexity index is 730. The second kappa shape index (κ2) is 10.1. The minimum Gasteiger partial charge on any atom is -0.491 e. The molecule has 142 valence electrons. The smallest absolute Gasteiger partial charge is 0.194 e. The van der Waals surface area contributed by atoms with Gasteiger partial charge < -0.3 is 24.3 Å². The number of aromatic nitrogens is 1. The van der Waals surface area contributed by atoms with E-state index in [2.05, 4.69) is 21.3 Å². The summed E-state index contributed by atoms with van der Waals surface area (Å²) in [6, 6.07) is 9.97. The van der Waals surface area contributed by atoms with Crippen molar-refractivity contribution >= 4 is 17.6 Å². The Balaban J connectivity index is 1.91. The van der Waals surface area contributed by atoms with Crippen LogP contribution in [0.1, 0.15) is 11.3 Å². The highest BCUT2D eigenvalue weighted by Crippen LogP contribution is 2.15. The van der Waals surface area contributed by atoms with E-state index in [-0.39, 0.29) is 0 Å². The summed E-state index contributed by atoms with van der Waals surface area (Å²) in [4.78, 5) is 6.42. The number of ether oxygens (including phenoxy) is 2. The highest BCUT2D eigenvalue weighted by molar-refractivity contribution is 6.30. The lowest BCUT2D eigenvalue weighted by atomic mass is 10.2. The van der Waals surface area contributed by atoms with E-state index < -0.39 is 0 Å². The summed E-state index contributed by atoms with van der Waals surface area (Å²) in [6.07, 6.45) is 1.90. The summed E-state index contributed by atoms with van der Waals surface area (Å²) >= 11 is 6.06. The first-order valence-corrected chi connectivity index (χ1v) is 8.84. The lowest BCUT2D eigenvalue weighted by Crippen LogP contribution is -2.38. The quantitative estimate of drug-likeness (QED) is 0.436. The average molecular weight is 379 g/mol. The van der Waals surface area contributed by atoms with Gasteiger partial charge in [0.1, 0.15) is 12.4 Å². The van der Waals surface area contributed by atoms with Gasteiger partial charge in [0.15, 0.2) is 5.96 Å². The molecular weight excluding hydrogens is 352 g/mol. The number of rotatable bonds is 8. The number of nitrogens with one attached hydrogen (secondary N) is 1. The Morgan fingerprint density at radius 2 is 2.12 bits per heavy atom. The number of guanidine groups is 1. The zero-order valence-corrected chi connectivity index (χ0v) is 16.6. The SMILES string of the molecule is CN=C(NCc1cccc(OCCOC)c1)N(C)Cc1cc(Cl)cn1C. The Labute approximate surface area is 160 Å². The molecule has 6 nitrogen and oxygen atoms in total. The van der Waals surface area contributed by atoms with E-state index in [1.807, 2.05) is 49.1 Å². The molecule has 7 heteroatoms. The van der Waals surface area contributed by atoms with E-state index >= 15 is 0 Å². The summed E-state index contributed by atoms with van der Waals surface area (Å²) in [5, 5.41) is 4.12. The first-order valence-electron chi connectivity index (χ1n) is 8.46. The molecule has 0 atom stereocenters. The van der Waals surface area contributed by atoms with E-state index in [1.54, 1.807) is 14.2 Å². The maximum absolute atomic E-state index is 6.06. The van der Waals surface area contributed by atoms with E-state index in [0.29, 0.717) is 26.3 Å². The second-order valence-corrected chi connectivity index (χ2v) is 6.44. The van der Waals surface area contributed by atoms with Gasteiger partial charge in [-0.3, -0.25) is 4.99 Å². The Hall–Kier alpha value is -2.18. The zero-order valence-electron chi connectivity index (χ0n) is 15.8. The lowest BCUT2D eigenvalue weighted by molar-refractivity contribution is 0.146. The number of halogens is 1. The molecule has 0 bridgehead atoms. The average Bonchev–Trinajstić information content (AvgIpc) is 2.93. The van der Waals surface area contributed by atoms with Crippen molar-refractivity contribution in [2.45, 2.75) is 13.1 Å². The van der Waals surface area contributed by atoms with Crippen LogP contribution in [0.5, 0.6) is 5.75 Å². The van der Waals surface area contributed by atoms with Crippen molar-refractivity contribution in [3.63, 3.8) is 0 Å². The van der Waals surface area contributed by atoms with Crippen molar-refractivity contribution in [1.29, 1.82) is 0 Å². The van der Waals surface area contributed by atoms with E-state index in [9.17, 15) is 0 Å². The maximum atomic E-state index is 6.06. The van der Waals surface area contributed by atoms with Gasteiger partial charge in [0, 0.05) is 46.7 Å². The number of methoxy groups -OCH3 is 1. The summed E-state index contributed by atoms with van der Waals surface area (Å²) in [5.74, 6) is 1.65. The molecule has 0 saturated carbocycles. The predicted molar refractivity (Wildman–Crippen MR) is 106 cm³/mol. The van der Waals surface area contributed by atoms with Crippen molar-refractivity contribution in [1.82, 2.24) is 14.8 Å². The standard InChI is InChI=1S/C19H27ClN4O2/c1-21-19(24(3)14-17-11-16(20)13-23(17)2)22-12-15-6-5-7-18(10-15)26-9-8-25-4/h5-7,10-11,13H,8-9,12,14H2,1-4H3,(H,21,22). The highest BCUT2D eigenvalue weighted by atomic mass is 35.5. The Morgan fingerprint density at radius 3 is 2.77 bits per heavy atom. The van der Waals surface area contributed by atoms with E-state index in [0.717, 1.165) is 28.0 Å². The molecule has 0 aliphatic heterocycles. The van der Waals surface area contributed by atoms with Crippen LogP contribution in [0, 0.1) is 0 Å². The van der Waals surface area contributed by atoms with Crippen LogP contribution in [0.15, 0.2) is 41.5 Å². The molecule has 26 heavy (non-hydrogen) atoms. The number of aliphatic imine (C=N–C) groups is 1. The topological polar surface area (TPSA) is 51.0 Å². The first kappa shape index (κ1) is 20.1. The second-order valence-electron chi connectivity index (χ2n) is 6.01. The number of aryl methyl sites for hydroxylation is 1. The fraction of sp³-hybridized carbons (Fsp3) is 0.421. The van der Waals surface area contributed by atoms with Crippen molar-refractivity contribution < 1.29 is 9.47 Å². The maximum Gasteiger partial charge on any atom is 0.194 e. The molecule has 0 amide bonds. The van der Waals surface area contributed by atoms with Crippen LogP contribution in [0.3, 0.4) is 0 Å². The molecule has 1 heterocycles. The van der Waals surface area contributed by atoms with Crippen LogP contribution < -0.4 is 10.1 Å². The predicted octanol–water partition coefficient (Wildman–Crippen LogP) is 2.91. The summed E-state index contributed by atoms with van der Waals surface area (Å²) < 4.78 is 12.7. The van der Waals surface area contributed by atoms with Crippen molar-refractivity contribution in [3.8, 4) is 5.75 Å². The monoisotopic (exact) mass is 378 g/mol. The molecular formula is C19H27ClN4O2. The first-order chi connectivity index (χ1) is 12.5. The number of nitrogens with zero attached hydrogens (tertiary/aromatic N) is 3. The summed E-state index contributed by atoms with van der Waals surface area (Å²) in [5.41, 5.74) is 2.24. The molecule has 0 fully saturated rings. The van der Waals surface area contributed by atoms with E-state index in [1.165, 1.54) is 0 Å². The van der Waals surface area contributed by atoms with Crippen molar-refractivity contribution in [3.05, 3.63) is 52.8 Å². The number of hydrogen-bond acceptors (Lipinski definition) is 3. The van der Waals surface area contributed by atoms with Gasteiger partial charge in [-0.05, 0) is 23.8 Å². The van der Waals surface area contributed by atoms with E-state index in [4.69, 9.17) is 21.1 Å². The summed E-state index contributed by atoms with van der Waals surface area (Å²) in [7, 11) is 7.43. The molecule has 0 spiro atoms. The van der Waals surface area contributed by atoms with Crippen LogP contribution in [0.2, 0.25) is 5.02 Å². The molecule has 2 aromatic rings. The third-order valence-corrected chi connectivity index (χ3v) is 4.16. The van der Waals surface area contributed by atoms with Gasteiger partial charge in [0.25, 0.3) is 0 Å². The third kappa shape index (κ3) is 5.97. The minimum atomic E-state index is 0.539. The van der Waals surface area contributed by atoms with Crippen molar-refractivity contribution in [2.24, 2.45) is 12.0 Å². The molecule has 1 N–H and O–H groups in total. The molecule has 0 aliphatic rings. The van der Waals surface area contributed by atoms with Gasteiger partial charge in [-0.1, -0.05) is 23.7 Å². The third-order valence-electron chi connectivity index (χ3n) is 3.95. The van der Waals surface area contributed by atoms with Gasteiger partial charge in [-0.2, -0.15) is 0 Å². The fourth-order valence-electron chi connectivity index (χ4n) is 2.60. The summed E-state index contributed by atoms with van der Waals surface area (Å²) in [6.45, 7) is 2.48. The van der Waals surface area contributed by atoms with Crippen LogP contribution in [-0.4, -0.2) is 49.8 Å².